The second-order valence-electron chi connectivity index (χ2n) is 6.89. The highest BCUT2D eigenvalue weighted by Gasteiger charge is 2.93. The van der Waals surface area contributed by atoms with E-state index in [2.05, 4.69) is 9.47 Å². The van der Waals surface area contributed by atoms with Gasteiger partial charge in [0.1, 0.15) is 12.7 Å². The molecule has 0 aliphatic rings. The van der Waals surface area contributed by atoms with E-state index in [4.69, 9.17) is 0 Å². The van der Waals surface area contributed by atoms with Gasteiger partial charge in [0.15, 0.2) is 0 Å². The molecule has 36 heavy (non-hydrogen) atoms. The first-order valence-electron chi connectivity index (χ1n) is 8.90. The Hall–Kier alpha value is -2.18. The summed E-state index contributed by atoms with van der Waals surface area (Å²) in [5.74, 6) is -55.3. The number of rotatable bonds is 12. The number of allylic oxidation sites excluding steroid dienone is 1. The third kappa shape index (κ3) is 5.55. The maximum atomic E-state index is 13.6. The Morgan fingerprint density at radius 3 is 1.47 bits per heavy atom. The molecule has 0 heterocycles. The average Bonchev–Trinajstić information content (AvgIpc) is 2.70. The topological polar surface area (TPSA) is 35.5 Å². The summed E-state index contributed by atoms with van der Waals surface area (Å²) in [5, 5.41) is 0. The minimum atomic E-state index is -8.65. The largest absolute Gasteiger partial charge is 0.462 e. The number of alkyl halides is 15. The van der Waals surface area contributed by atoms with Crippen LogP contribution in [0, 0.1) is 0 Å². The molecule has 3 nitrogen and oxygen atoms in total. The quantitative estimate of drug-likeness (QED) is 0.140. The monoisotopic (exact) mass is 576 g/mol. The zero-order valence-electron chi connectivity index (χ0n) is 17.3. The zero-order valence-corrected chi connectivity index (χ0v) is 17.3. The van der Waals surface area contributed by atoms with Crippen LogP contribution in [0.15, 0.2) is 11.8 Å². The van der Waals surface area contributed by atoms with Crippen LogP contribution in [0.25, 0.3) is 0 Å². The van der Waals surface area contributed by atoms with Gasteiger partial charge in [-0.25, -0.2) is 0 Å². The standard InChI is InChI=1S/C16H13F17O3/c1-3-4-7(34)35-5-6(2)36-9(18)8(17)10(19,20)11(21,22)12(23,24)13(25,26)14(27,28)15(29,30)16(31,32)33/h6H,3-5H2,1-2H3. The van der Waals surface area contributed by atoms with Crippen molar-refractivity contribution in [3.8, 4) is 0 Å². The molecule has 0 aromatic carbocycles. The number of hydrogen-bond acceptors (Lipinski definition) is 3. The third-order valence-corrected chi connectivity index (χ3v) is 4.01. The number of ether oxygens (including phenoxy) is 2. The van der Waals surface area contributed by atoms with Crippen molar-refractivity contribution in [1.29, 1.82) is 0 Å². The predicted octanol–water partition coefficient (Wildman–Crippen LogP) is 7.22. The van der Waals surface area contributed by atoms with Crippen molar-refractivity contribution in [2.75, 3.05) is 6.61 Å². The summed E-state index contributed by atoms with van der Waals surface area (Å²) in [6, 6.07) is -3.56. The van der Waals surface area contributed by atoms with Crippen molar-refractivity contribution in [1.82, 2.24) is 0 Å². The van der Waals surface area contributed by atoms with E-state index < -0.39 is 72.2 Å². The maximum Gasteiger partial charge on any atom is 0.460 e. The van der Waals surface area contributed by atoms with E-state index in [1.165, 1.54) is 6.92 Å². The second-order valence-corrected chi connectivity index (χ2v) is 6.89. The molecule has 0 radical (unpaired) electrons. The highest BCUT2D eigenvalue weighted by Crippen LogP contribution is 2.63. The predicted molar refractivity (Wildman–Crippen MR) is 81.4 cm³/mol. The fourth-order valence-electron chi connectivity index (χ4n) is 1.98. The van der Waals surface area contributed by atoms with Crippen LogP contribution in [0.2, 0.25) is 0 Å². The summed E-state index contributed by atoms with van der Waals surface area (Å²) in [6.07, 6.45) is -9.94. The molecule has 0 aromatic rings. The van der Waals surface area contributed by atoms with Crippen molar-refractivity contribution in [3.05, 3.63) is 11.8 Å². The molecule has 0 fully saturated rings. The van der Waals surface area contributed by atoms with Crippen LogP contribution in [0.3, 0.4) is 0 Å². The lowest BCUT2D eigenvalue weighted by molar-refractivity contribution is -0.451. The smallest absolute Gasteiger partial charge is 0.460 e. The van der Waals surface area contributed by atoms with Gasteiger partial charge in [0.25, 0.3) is 0 Å². The average molecular weight is 576 g/mol. The van der Waals surface area contributed by atoms with Crippen LogP contribution in [0.4, 0.5) is 74.6 Å². The first-order chi connectivity index (χ1) is 15.7. The highest BCUT2D eigenvalue weighted by atomic mass is 19.4. The summed E-state index contributed by atoms with van der Waals surface area (Å²) < 4.78 is 230. The minimum Gasteiger partial charge on any atom is -0.462 e. The molecule has 0 saturated carbocycles. The Balaban J connectivity index is 6.31. The number of esters is 1. The van der Waals surface area contributed by atoms with Gasteiger partial charge in [-0.1, -0.05) is 6.92 Å². The summed E-state index contributed by atoms with van der Waals surface area (Å²) in [6.45, 7) is 0.917. The van der Waals surface area contributed by atoms with E-state index in [9.17, 15) is 79.4 Å². The number of hydrogen-bond donors (Lipinski definition) is 0. The van der Waals surface area contributed by atoms with Crippen LogP contribution >= 0.6 is 0 Å². The van der Waals surface area contributed by atoms with Gasteiger partial charge in [0, 0.05) is 6.42 Å². The Labute approximate surface area is 189 Å². The molecule has 0 rings (SSSR count). The van der Waals surface area contributed by atoms with E-state index in [1.807, 2.05) is 0 Å². The van der Waals surface area contributed by atoms with Crippen LogP contribution in [0.5, 0.6) is 0 Å². The maximum absolute atomic E-state index is 13.6. The highest BCUT2D eigenvalue weighted by molar-refractivity contribution is 5.69. The Morgan fingerprint density at radius 2 is 1.08 bits per heavy atom. The van der Waals surface area contributed by atoms with Crippen molar-refractivity contribution in [2.24, 2.45) is 0 Å². The lowest BCUT2D eigenvalue weighted by Gasteiger charge is -2.41. The number of halogens is 17. The van der Waals surface area contributed by atoms with Gasteiger partial charge >= 0.3 is 53.7 Å². The third-order valence-electron chi connectivity index (χ3n) is 4.01. The molecule has 0 spiro atoms. The van der Waals surface area contributed by atoms with E-state index in [0.29, 0.717) is 6.92 Å². The molecule has 1 atom stereocenters. The molecule has 0 amide bonds. The van der Waals surface area contributed by atoms with Crippen LogP contribution < -0.4 is 0 Å². The second kappa shape index (κ2) is 10.3. The van der Waals surface area contributed by atoms with Gasteiger partial charge in [0.2, 0.25) is 5.83 Å². The van der Waals surface area contributed by atoms with Gasteiger partial charge in [-0.15, -0.1) is 0 Å². The first-order valence-corrected chi connectivity index (χ1v) is 8.90. The van der Waals surface area contributed by atoms with Gasteiger partial charge < -0.3 is 9.47 Å². The molecule has 0 bridgehead atoms. The molecule has 0 aliphatic carbocycles. The van der Waals surface area contributed by atoms with Crippen LogP contribution in [-0.4, -0.2) is 60.4 Å². The van der Waals surface area contributed by atoms with Crippen molar-refractivity contribution in [3.63, 3.8) is 0 Å². The lowest BCUT2D eigenvalue weighted by atomic mass is 9.91. The van der Waals surface area contributed by atoms with E-state index in [1.54, 1.807) is 0 Å². The molecular formula is C16H13F17O3. The van der Waals surface area contributed by atoms with Gasteiger partial charge in [-0.05, 0) is 13.3 Å². The van der Waals surface area contributed by atoms with Crippen molar-refractivity contribution in [2.45, 2.75) is 74.5 Å². The Morgan fingerprint density at radius 1 is 0.694 bits per heavy atom. The fourth-order valence-corrected chi connectivity index (χ4v) is 1.98. The molecule has 0 aromatic heterocycles. The molecular weight excluding hydrogens is 563 g/mol. The summed E-state index contributed by atoms with van der Waals surface area (Å²) >= 11 is 0. The zero-order chi connectivity index (χ0) is 29.3. The lowest BCUT2D eigenvalue weighted by Crippen LogP contribution is -2.72. The molecule has 214 valence electrons. The van der Waals surface area contributed by atoms with Gasteiger partial charge in [0.05, 0.1) is 0 Å². The number of carbonyl (C=O) groups is 1. The first kappa shape index (κ1) is 33.8. The minimum absolute atomic E-state index is 0.186. The van der Waals surface area contributed by atoms with Gasteiger partial charge in [-0.2, -0.15) is 74.6 Å². The molecule has 1 unspecified atom stereocenters. The van der Waals surface area contributed by atoms with Crippen LogP contribution in [-0.2, 0) is 14.3 Å². The molecule has 20 heteroatoms. The van der Waals surface area contributed by atoms with E-state index in [-0.39, 0.29) is 12.8 Å². The van der Waals surface area contributed by atoms with Crippen molar-refractivity contribution >= 4 is 5.97 Å². The summed E-state index contributed by atoms with van der Waals surface area (Å²) in [5.41, 5.74) is 0. The molecule has 0 saturated heterocycles. The van der Waals surface area contributed by atoms with Crippen molar-refractivity contribution < 1.29 is 88.9 Å². The molecule has 0 aliphatic heterocycles. The Kier molecular flexibility index (Phi) is 9.67. The van der Waals surface area contributed by atoms with Gasteiger partial charge in [-0.3, -0.25) is 4.79 Å². The normalized spacial score (nSPS) is 16.4. The Bertz CT molecular complexity index is 815. The molecule has 0 N–H and O–H groups in total. The summed E-state index contributed by atoms with van der Waals surface area (Å²) in [4.78, 5) is 11.1. The van der Waals surface area contributed by atoms with E-state index in [0.717, 1.165) is 0 Å². The fraction of sp³-hybridized carbons (Fsp3) is 0.812. The van der Waals surface area contributed by atoms with E-state index >= 15 is 0 Å². The summed E-state index contributed by atoms with van der Waals surface area (Å²) in [7, 11) is 0. The van der Waals surface area contributed by atoms with Crippen LogP contribution in [0.1, 0.15) is 26.7 Å². The number of carbonyl (C=O) groups excluding carboxylic acids is 1. The SMILES string of the molecule is CCCC(=O)OCC(C)OC(F)=C(F)C(F)(F)C(F)(F)C(F)(F)C(F)(F)C(F)(F)C(F)(F)C(F)(F)F.